The number of nitriles is 1. The highest BCUT2D eigenvalue weighted by Crippen LogP contribution is 2.31. The van der Waals surface area contributed by atoms with Crippen LogP contribution in [0.5, 0.6) is 5.75 Å². The number of aromatic hydroxyl groups is 1. The zero-order valence-corrected chi connectivity index (χ0v) is 9.05. The van der Waals surface area contributed by atoms with Gasteiger partial charge in [-0.05, 0) is 50.7 Å². The van der Waals surface area contributed by atoms with Crippen molar-refractivity contribution in [2.75, 3.05) is 0 Å². The smallest absolute Gasteiger partial charge is 0.144 e. The second-order valence-electron chi connectivity index (χ2n) is 1.87. The average Bonchev–Trinajstić information content (AvgIpc) is 2.01. The van der Waals surface area contributed by atoms with Gasteiger partial charge < -0.3 is 5.11 Å². The number of nitrogens with zero attached hydrogens (tertiary/aromatic N) is 1. The molecule has 1 aromatic carbocycles. The molecule has 1 aromatic rings. The highest BCUT2D eigenvalue weighted by Gasteiger charge is 2.06. The van der Waals surface area contributed by atoms with Crippen LogP contribution in [-0.4, -0.2) is 5.11 Å². The van der Waals surface area contributed by atoms with Crippen molar-refractivity contribution < 1.29 is 5.11 Å². The molecule has 0 unspecified atom stereocenters. The van der Waals surface area contributed by atoms with E-state index in [0.717, 1.165) is 3.57 Å². The zero-order valence-electron chi connectivity index (χ0n) is 5.31. The molecule has 0 aliphatic heterocycles. The minimum atomic E-state index is 0.129. The van der Waals surface area contributed by atoms with Crippen LogP contribution in [0.1, 0.15) is 5.56 Å². The van der Waals surface area contributed by atoms with Crippen LogP contribution in [-0.2, 0) is 0 Å². The standard InChI is InChI=1S/C7H3BrINO/c8-6-4(3-10)1-2-5(9)7(6)11/h1-2,11H. The maximum absolute atomic E-state index is 9.31. The van der Waals surface area contributed by atoms with Gasteiger partial charge in [0, 0.05) is 0 Å². The summed E-state index contributed by atoms with van der Waals surface area (Å²) >= 11 is 5.11. The summed E-state index contributed by atoms with van der Waals surface area (Å²) in [4.78, 5) is 0. The van der Waals surface area contributed by atoms with Crippen molar-refractivity contribution in [3.8, 4) is 11.8 Å². The van der Waals surface area contributed by atoms with Crippen LogP contribution >= 0.6 is 38.5 Å². The molecule has 1 rings (SSSR count). The SMILES string of the molecule is N#Cc1ccc(I)c(O)c1Br. The molecule has 0 heterocycles. The minimum absolute atomic E-state index is 0.129. The van der Waals surface area contributed by atoms with Crippen molar-refractivity contribution in [2.24, 2.45) is 0 Å². The zero-order chi connectivity index (χ0) is 8.43. The Morgan fingerprint density at radius 2 is 2.18 bits per heavy atom. The number of benzene rings is 1. The lowest BCUT2D eigenvalue weighted by atomic mass is 10.2. The molecule has 1 N–H and O–H groups in total. The van der Waals surface area contributed by atoms with E-state index in [4.69, 9.17) is 5.26 Å². The topological polar surface area (TPSA) is 44.0 Å². The van der Waals surface area contributed by atoms with Crippen LogP contribution in [0.15, 0.2) is 16.6 Å². The molecule has 0 fully saturated rings. The summed E-state index contributed by atoms with van der Waals surface area (Å²) in [5, 5.41) is 17.9. The van der Waals surface area contributed by atoms with E-state index < -0.39 is 0 Å². The molecule has 11 heavy (non-hydrogen) atoms. The van der Waals surface area contributed by atoms with Crippen LogP contribution in [0.25, 0.3) is 0 Å². The molecule has 0 radical (unpaired) electrons. The molecule has 0 spiro atoms. The average molecular weight is 324 g/mol. The Balaban J connectivity index is 3.40. The molecule has 0 aliphatic rings. The number of halogens is 2. The molecule has 0 saturated heterocycles. The number of phenols is 1. The van der Waals surface area contributed by atoms with Crippen LogP contribution in [0, 0.1) is 14.9 Å². The van der Waals surface area contributed by atoms with Gasteiger partial charge in [0.25, 0.3) is 0 Å². The Bertz CT molecular complexity index is 332. The quantitative estimate of drug-likeness (QED) is 0.746. The minimum Gasteiger partial charge on any atom is -0.506 e. The van der Waals surface area contributed by atoms with Crippen molar-refractivity contribution in [2.45, 2.75) is 0 Å². The summed E-state index contributed by atoms with van der Waals surface area (Å²) in [5.41, 5.74) is 0.447. The van der Waals surface area contributed by atoms with Gasteiger partial charge in [0.1, 0.15) is 11.8 Å². The van der Waals surface area contributed by atoms with Crippen LogP contribution in [0.3, 0.4) is 0 Å². The summed E-state index contributed by atoms with van der Waals surface area (Å²) in [6.45, 7) is 0. The van der Waals surface area contributed by atoms with Gasteiger partial charge in [0.05, 0.1) is 13.6 Å². The molecule has 2 nitrogen and oxygen atoms in total. The van der Waals surface area contributed by atoms with Gasteiger partial charge in [0.15, 0.2) is 0 Å². The Labute approximate surface area is 86.1 Å². The maximum atomic E-state index is 9.31. The van der Waals surface area contributed by atoms with Crippen molar-refractivity contribution in [3.05, 3.63) is 25.7 Å². The van der Waals surface area contributed by atoms with Gasteiger partial charge in [-0.25, -0.2) is 0 Å². The highest BCUT2D eigenvalue weighted by molar-refractivity contribution is 14.1. The first-order valence-electron chi connectivity index (χ1n) is 2.74. The Morgan fingerprint density at radius 1 is 1.55 bits per heavy atom. The summed E-state index contributed by atoms with van der Waals surface area (Å²) in [6, 6.07) is 5.31. The fraction of sp³-hybridized carbons (Fsp3) is 0. The third-order valence-corrected chi connectivity index (χ3v) is 2.86. The monoisotopic (exact) mass is 323 g/mol. The van der Waals surface area contributed by atoms with Gasteiger partial charge in [-0.3, -0.25) is 0 Å². The van der Waals surface area contributed by atoms with Crippen molar-refractivity contribution >= 4 is 38.5 Å². The van der Waals surface area contributed by atoms with E-state index in [-0.39, 0.29) is 5.75 Å². The normalized spacial score (nSPS) is 9.18. The first-order chi connectivity index (χ1) is 5.16. The van der Waals surface area contributed by atoms with E-state index >= 15 is 0 Å². The Kier molecular flexibility index (Phi) is 2.73. The van der Waals surface area contributed by atoms with Crippen LogP contribution in [0.4, 0.5) is 0 Å². The number of rotatable bonds is 0. The molecule has 0 atom stereocenters. The van der Waals surface area contributed by atoms with Crippen molar-refractivity contribution in [1.29, 1.82) is 5.26 Å². The van der Waals surface area contributed by atoms with E-state index in [1.54, 1.807) is 12.1 Å². The number of hydrogen-bond acceptors (Lipinski definition) is 2. The van der Waals surface area contributed by atoms with E-state index in [0.29, 0.717) is 10.0 Å². The van der Waals surface area contributed by atoms with Gasteiger partial charge in [-0.1, -0.05) is 0 Å². The lowest BCUT2D eigenvalue weighted by Crippen LogP contribution is -1.80. The molecular formula is C7H3BrINO. The highest BCUT2D eigenvalue weighted by atomic mass is 127. The van der Waals surface area contributed by atoms with E-state index in [1.807, 2.05) is 28.7 Å². The summed E-state index contributed by atoms with van der Waals surface area (Å²) in [5.74, 6) is 0.129. The molecule has 0 bridgehead atoms. The first kappa shape index (κ1) is 8.81. The molecule has 0 aliphatic carbocycles. The van der Waals surface area contributed by atoms with E-state index in [9.17, 15) is 5.11 Å². The molecule has 56 valence electrons. The number of hydrogen-bond donors (Lipinski definition) is 1. The van der Waals surface area contributed by atoms with Gasteiger partial charge in [0.2, 0.25) is 0 Å². The Hall–Kier alpha value is -0.280. The second kappa shape index (κ2) is 3.41. The van der Waals surface area contributed by atoms with Crippen LogP contribution in [0.2, 0.25) is 0 Å². The fourth-order valence-corrected chi connectivity index (χ4v) is 1.88. The lowest BCUT2D eigenvalue weighted by molar-refractivity contribution is 0.468. The number of phenolic OH excluding ortho intramolecular Hbond substituents is 1. The predicted octanol–water partition coefficient (Wildman–Crippen LogP) is 2.63. The van der Waals surface area contributed by atoms with Crippen molar-refractivity contribution in [3.63, 3.8) is 0 Å². The lowest BCUT2D eigenvalue weighted by Gasteiger charge is -1.99. The molecule has 0 aromatic heterocycles. The van der Waals surface area contributed by atoms with Gasteiger partial charge >= 0.3 is 0 Å². The first-order valence-corrected chi connectivity index (χ1v) is 4.61. The predicted molar refractivity (Wildman–Crippen MR) is 53.2 cm³/mol. The maximum Gasteiger partial charge on any atom is 0.144 e. The molecular weight excluding hydrogens is 321 g/mol. The van der Waals surface area contributed by atoms with E-state index in [1.165, 1.54) is 0 Å². The molecule has 4 heteroatoms. The third kappa shape index (κ3) is 1.65. The molecule has 0 saturated carbocycles. The van der Waals surface area contributed by atoms with Gasteiger partial charge in [-0.15, -0.1) is 0 Å². The fourth-order valence-electron chi connectivity index (χ4n) is 0.627. The van der Waals surface area contributed by atoms with Crippen LogP contribution < -0.4 is 0 Å². The third-order valence-electron chi connectivity index (χ3n) is 1.19. The van der Waals surface area contributed by atoms with Crippen molar-refractivity contribution in [1.82, 2.24) is 0 Å². The summed E-state index contributed by atoms with van der Waals surface area (Å²) in [6.07, 6.45) is 0. The second-order valence-corrected chi connectivity index (χ2v) is 3.82. The summed E-state index contributed by atoms with van der Waals surface area (Å²) in [7, 11) is 0. The molecule has 0 amide bonds. The Morgan fingerprint density at radius 3 is 2.73 bits per heavy atom. The largest absolute Gasteiger partial charge is 0.506 e. The summed E-state index contributed by atoms with van der Waals surface area (Å²) < 4.78 is 1.19. The van der Waals surface area contributed by atoms with Gasteiger partial charge in [-0.2, -0.15) is 5.26 Å². The van der Waals surface area contributed by atoms with E-state index in [2.05, 4.69) is 15.9 Å².